The first-order chi connectivity index (χ1) is 6.24. The van der Waals surface area contributed by atoms with Crippen molar-refractivity contribution in [3.63, 3.8) is 0 Å². The molecule has 1 aromatic carbocycles. The Morgan fingerprint density at radius 1 is 1.23 bits per heavy atom. The Hall–Kier alpha value is 0.490. The highest BCUT2D eigenvalue weighted by atomic mass is 127. The minimum absolute atomic E-state index is 0.610. The lowest BCUT2D eigenvalue weighted by Crippen LogP contribution is -2.15. The van der Waals surface area contributed by atoms with Crippen LogP contribution in [0.4, 0.5) is 0 Å². The van der Waals surface area contributed by atoms with E-state index in [-0.39, 0.29) is 0 Å². The van der Waals surface area contributed by atoms with E-state index in [0.29, 0.717) is 10.0 Å². The van der Waals surface area contributed by atoms with E-state index < -0.39 is 0 Å². The molecule has 0 heterocycles. The number of rotatable bonds is 4. The molecule has 0 saturated heterocycles. The van der Waals surface area contributed by atoms with Crippen LogP contribution in [0.1, 0.15) is 5.56 Å². The third kappa shape index (κ3) is 4.02. The normalized spacial score (nSPS) is 10.4. The van der Waals surface area contributed by atoms with Gasteiger partial charge in [0.25, 0.3) is 0 Å². The molecular weight excluding hydrogens is 320 g/mol. The van der Waals surface area contributed by atoms with Crippen molar-refractivity contribution in [3.8, 4) is 0 Å². The SMILES string of the molecule is Clc1ccc(CNCCI)cc1Cl. The molecule has 13 heavy (non-hydrogen) atoms. The summed E-state index contributed by atoms with van der Waals surface area (Å²) < 4.78 is 1.11. The predicted octanol–water partition coefficient (Wildman–Crippen LogP) is 3.52. The van der Waals surface area contributed by atoms with Gasteiger partial charge in [-0.15, -0.1) is 0 Å². The molecule has 1 N–H and O–H groups in total. The Morgan fingerprint density at radius 3 is 2.62 bits per heavy atom. The van der Waals surface area contributed by atoms with E-state index in [0.717, 1.165) is 17.5 Å². The van der Waals surface area contributed by atoms with Crippen molar-refractivity contribution in [2.45, 2.75) is 6.54 Å². The Bertz CT molecular complexity index is 278. The predicted molar refractivity (Wildman–Crippen MR) is 67.1 cm³/mol. The molecule has 0 spiro atoms. The number of alkyl halides is 1. The minimum atomic E-state index is 0.610. The molecule has 4 heteroatoms. The standard InChI is InChI=1S/C9H10Cl2IN/c10-8-2-1-7(5-9(8)11)6-13-4-3-12/h1-2,5,13H,3-4,6H2. The smallest absolute Gasteiger partial charge is 0.0595 e. The Labute approximate surface area is 102 Å². The molecule has 0 atom stereocenters. The maximum absolute atomic E-state index is 5.87. The van der Waals surface area contributed by atoms with Crippen LogP contribution >= 0.6 is 45.8 Å². The van der Waals surface area contributed by atoms with E-state index in [1.54, 1.807) is 0 Å². The largest absolute Gasteiger partial charge is 0.312 e. The summed E-state index contributed by atoms with van der Waals surface area (Å²) in [5.41, 5.74) is 1.17. The molecule has 0 aliphatic carbocycles. The van der Waals surface area contributed by atoms with Crippen LogP contribution in [0.2, 0.25) is 10.0 Å². The summed E-state index contributed by atoms with van der Waals surface area (Å²) >= 11 is 14.0. The highest BCUT2D eigenvalue weighted by molar-refractivity contribution is 14.1. The zero-order valence-corrected chi connectivity index (χ0v) is 10.7. The van der Waals surface area contributed by atoms with Crippen molar-refractivity contribution >= 4 is 45.8 Å². The number of nitrogens with one attached hydrogen (secondary N) is 1. The van der Waals surface area contributed by atoms with Crippen LogP contribution < -0.4 is 5.32 Å². The van der Waals surface area contributed by atoms with Crippen molar-refractivity contribution in [1.29, 1.82) is 0 Å². The number of hydrogen-bond acceptors (Lipinski definition) is 1. The number of benzene rings is 1. The molecule has 0 unspecified atom stereocenters. The first-order valence-corrected chi connectivity index (χ1v) is 6.23. The molecule has 0 aliphatic heterocycles. The lowest BCUT2D eigenvalue weighted by atomic mass is 10.2. The first-order valence-electron chi connectivity index (χ1n) is 3.94. The van der Waals surface area contributed by atoms with Crippen LogP contribution in [-0.2, 0) is 6.54 Å². The van der Waals surface area contributed by atoms with Gasteiger partial charge in [0.2, 0.25) is 0 Å². The summed E-state index contributed by atoms with van der Waals surface area (Å²) in [6.07, 6.45) is 0. The first kappa shape index (κ1) is 11.6. The second-order valence-electron chi connectivity index (χ2n) is 2.61. The lowest BCUT2D eigenvalue weighted by Gasteiger charge is -2.03. The zero-order chi connectivity index (χ0) is 9.68. The topological polar surface area (TPSA) is 12.0 Å². The van der Waals surface area contributed by atoms with Crippen LogP contribution in [0, 0.1) is 0 Å². The van der Waals surface area contributed by atoms with Crippen molar-refractivity contribution in [3.05, 3.63) is 33.8 Å². The molecule has 0 bridgehead atoms. The Morgan fingerprint density at radius 2 is 2.00 bits per heavy atom. The summed E-state index contributed by atoms with van der Waals surface area (Å²) in [4.78, 5) is 0. The zero-order valence-electron chi connectivity index (χ0n) is 6.99. The highest BCUT2D eigenvalue weighted by Crippen LogP contribution is 2.22. The molecule has 0 aliphatic rings. The van der Waals surface area contributed by atoms with Gasteiger partial charge in [-0.25, -0.2) is 0 Å². The number of halogens is 3. The van der Waals surface area contributed by atoms with Gasteiger partial charge in [-0.05, 0) is 17.7 Å². The van der Waals surface area contributed by atoms with Crippen LogP contribution in [0.3, 0.4) is 0 Å². The quantitative estimate of drug-likeness (QED) is 0.506. The van der Waals surface area contributed by atoms with Gasteiger partial charge in [0.05, 0.1) is 10.0 Å². The molecule has 1 rings (SSSR count). The van der Waals surface area contributed by atoms with Gasteiger partial charge in [0.1, 0.15) is 0 Å². The Balaban J connectivity index is 2.53. The second kappa shape index (κ2) is 6.06. The molecule has 0 radical (unpaired) electrons. The van der Waals surface area contributed by atoms with Gasteiger partial charge < -0.3 is 5.32 Å². The van der Waals surface area contributed by atoms with Crippen molar-refractivity contribution in [2.24, 2.45) is 0 Å². The van der Waals surface area contributed by atoms with Crippen molar-refractivity contribution < 1.29 is 0 Å². The molecule has 72 valence electrons. The van der Waals surface area contributed by atoms with E-state index in [2.05, 4.69) is 27.9 Å². The van der Waals surface area contributed by atoms with Gasteiger partial charge in [-0.3, -0.25) is 0 Å². The molecule has 1 nitrogen and oxygen atoms in total. The van der Waals surface area contributed by atoms with Crippen LogP contribution in [0.25, 0.3) is 0 Å². The third-order valence-corrected chi connectivity index (χ3v) is 2.86. The maximum Gasteiger partial charge on any atom is 0.0595 e. The number of hydrogen-bond donors (Lipinski definition) is 1. The average molecular weight is 330 g/mol. The molecule has 0 fully saturated rings. The average Bonchev–Trinajstić information content (AvgIpc) is 2.12. The summed E-state index contributed by atoms with van der Waals surface area (Å²) in [5.74, 6) is 0. The molecule has 0 aromatic heterocycles. The second-order valence-corrected chi connectivity index (χ2v) is 4.51. The van der Waals surface area contributed by atoms with Crippen molar-refractivity contribution in [2.75, 3.05) is 11.0 Å². The highest BCUT2D eigenvalue weighted by Gasteiger charge is 1.98. The van der Waals surface area contributed by atoms with Crippen LogP contribution in [0.15, 0.2) is 18.2 Å². The van der Waals surface area contributed by atoms with E-state index >= 15 is 0 Å². The Kier molecular flexibility index (Phi) is 5.39. The fourth-order valence-corrected chi connectivity index (χ4v) is 1.65. The summed E-state index contributed by atoms with van der Waals surface area (Å²) in [6.45, 7) is 1.86. The summed E-state index contributed by atoms with van der Waals surface area (Å²) in [5, 5.41) is 4.52. The maximum atomic E-state index is 5.87. The molecule has 0 saturated carbocycles. The van der Waals surface area contributed by atoms with Crippen LogP contribution in [0.5, 0.6) is 0 Å². The lowest BCUT2D eigenvalue weighted by molar-refractivity contribution is 0.737. The van der Waals surface area contributed by atoms with E-state index in [1.165, 1.54) is 5.56 Å². The summed E-state index contributed by atoms with van der Waals surface area (Å²) in [7, 11) is 0. The minimum Gasteiger partial charge on any atom is -0.312 e. The van der Waals surface area contributed by atoms with Gasteiger partial charge in [-0.1, -0.05) is 51.9 Å². The van der Waals surface area contributed by atoms with Gasteiger partial charge in [0.15, 0.2) is 0 Å². The monoisotopic (exact) mass is 329 g/mol. The fourth-order valence-electron chi connectivity index (χ4n) is 0.949. The van der Waals surface area contributed by atoms with Gasteiger partial charge in [0, 0.05) is 17.5 Å². The van der Waals surface area contributed by atoms with Crippen molar-refractivity contribution in [1.82, 2.24) is 5.32 Å². The van der Waals surface area contributed by atoms with Gasteiger partial charge >= 0.3 is 0 Å². The van der Waals surface area contributed by atoms with E-state index in [4.69, 9.17) is 23.2 Å². The molecule has 1 aromatic rings. The molecule has 0 amide bonds. The molecular formula is C9H10Cl2IN. The third-order valence-electron chi connectivity index (χ3n) is 1.58. The van der Waals surface area contributed by atoms with Crippen LogP contribution in [-0.4, -0.2) is 11.0 Å². The van der Waals surface area contributed by atoms with E-state index in [1.807, 2.05) is 18.2 Å². The fraction of sp³-hybridized carbons (Fsp3) is 0.333. The van der Waals surface area contributed by atoms with Gasteiger partial charge in [-0.2, -0.15) is 0 Å². The van der Waals surface area contributed by atoms with E-state index in [9.17, 15) is 0 Å². The summed E-state index contributed by atoms with van der Waals surface area (Å²) in [6, 6.07) is 5.70.